The lowest BCUT2D eigenvalue weighted by atomic mass is 10.0. The lowest BCUT2D eigenvalue weighted by Gasteiger charge is -2.13. The summed E-state index contributed by atoms with van der Waals surface area (Å²) < 4.78 is 39.4. The van der Waals surface area contributed by atoms with Gasteiger partial charge in [-0.25, -0.2) is 4.98 Å². The highest BCUT2D eigenvalue weighted by Crippen LogP contribution is 2.39. The third-order valence-corrected chi connectivity index (χ3v) is 3.22. The van der Waals surface area contributed by atoms with Gasteiger partial charge >= 0.3 is 6.18 Å². The Labute approximate surface area is 120 Å². The van der Waals surface area contributed by atoms with Crippen LogP contribution in [0.3, 0.4) is 0 Å². The molecule has 0 radical (unpaired) electrons. The van der Waals surface area contributed by atoms with Crippen molar-refractivity contribution in [3.05, 3.63) is 50.8 Å². The number of benzene rings is 1. The number of hydrogen-bond donors (Lipinski definition) is 0. The van der Waals surface area contributed by atoms with E-state index in [2.05, 4.69) is 4.98 Å². The molecule has 1 aromatic carbocycles. The number of halogens is 5. The Kier molecular flexibility index (Phi) is 3.82. The number of nitrogens with zero attached hydrogens (tertiary/aromatic N) is 1. The molecule has 2 aromatic rings. The van der Waals surface area contributed by atoms with E-state index in [1.807, 2.05) is 22.6 Å². The maximum absolute atomic E-state index is 12.9. The SMILES string of the molecule is FC(F)(F)c1ccccc1-c1cc(I)cnc1Cl. The van der Waals surface area contributed by atoms with Gasteiger partial charge in [0.2, 0.25) is 0 Å². The quantitative estimate of drug-likeness (QED) is 0.497. The van der Waals surface area contributed by atoms with E-state index in [-0.39, 0.29) is 16.3 Å². The minimum absolute atomic E-state index is 0.0426. The molecule has 0 spiro atoms. The highest BCUT2D eigenvalue weighted by Gasteiger charge is 2.33. The first-order valence-corrected chi connectivity index (χ1v) is 6.33. The van der Waals surface area contributed by atoms with E-state index in [1.54, 1.807) is 12.1 Å². The predicted octanol–water partition coefficient (Wildman–Crippen LogP) is 5.03. The van der Waals surface area contributed by atoms with E-state index in [9.17, 15) is 13.2 Å². The molecule has 18 heavy (non-hydrogen) atoms. The fraction of sp³-hybridized carbons (Fsp3) is 0.0833. The van der Waals surface area contributed by atoms with Crippen molar-refractivity contribution in [1.82, 2.24) is 4.98 Å². The zero-order chi connectivity index (χ0) is 13.3. The van der Waals surface area contributed by atoms with Gasteiger partial charge in [-0.2, -0.15) is 13.2 Å². The minimum atomic E-state index is -4.42. The van der Waals surface area contributed by atoms with Gasteiger partial charge in [-0.1, -0.05) is 29.8 Å². The second-order valence-corrected chi connectivity index (χ2v) is 5.14. The standard InChI is InChI=1S/C12H6ClF3IN/c13-11-9(5-7(17)6-18-11)8-3-1-2-4-10(8)12(14,15)16/h1-6H. The van der Waals surface area contributed by atoms with Crippen LogP contribution in [-0.2, 0) is 6.18 Å². The van der Waals surface area contributed by atoms with Gasteiger partial charge in [0.25, 0.3) is 0 Å². The van der Waals surface area contributed by atoms with Crippen LogP contribution >= 0.6 is 34.2 Å². The molecule has 1 aromatic heterocycles. The largest absolute Gasteiger partial charge is 0.417 e. The summed E-state index contributed by atoms with van der Waals surface area (Å²) in [5.41, 5.74) is -0.381. The normalized spacial score (nSPS) is 11.6. The fourth-order valence-electron chi connectivity index (χ4n) is 1.58. The first-order chi connectivity index (χ1) is 8.39. The summed E-state index contributed by atoms with van der Waals surface area (Å²) >= 11 is 7.85. The van der Waals surface area contributed by atoms with Gasteiger partial charge in [-0.05, 0) is 40.3 Å². The summed E-state index contributed by atoms with van der Waals surface area (Å²) in [5, 5.41) is 0.0621. The number of rotatable bonds is 1. The van der Waals surface area contributed by atoms with Crippen molar-refractivity contribution < 1.29 is 13.2 Å². The van der Waals surface area contributed by atoms with E-state index in [0.29, 0.717) is 0 Å². The maximum Gasteiger partial charge on any atom is 0.417 e. The van der Waals surface area contributed by atoms with E-state index in [1.165, 1.54) is 18.3 Å². The van der Waals surface area contributed by atoms with Crippen molar-refractivity contribution >= 4 is 34.2 Å². The molecule has 0 N–H and O–H groups in total. The fourth-order valence-corrected chi connectivity index (χ4v) is 2.23. The van der Waals surface area contributed by atoms with Gasteiger partial charge in [-0.15, -0.1) is 0 Å². The lowest BCUT2D eigenvalue weighted by molar-refractivity contribution is -0.137. The van der Waals surface area contributed by atoms with Crippen LogP contribution in [0, 0.1) is 3.57 Å². The molecule has 6 heteroatoms. The van der Waals surface area contributed by atoms with Crippen LogP contribution in [0.25, 0.3) is 11.1 Å². The molecule has 1 nitrogen and oxygen atoms in total. The van der Waals surface area contributed by atoms with Crippen molar-refractivity contribution in [2.45, 2.75) is 6.18 Å². The van der Waals surface area contributed by atoms with Gasteiger partial charge in [0, 0.05) is 15.3 Å². The number of aromatic nitrogens is 1. The van der Waals surface area contributed by atoms with Crippen molar-refractivity contribution in [3.63, 3.8) is 0 Å². The maximum atomic E-state index is 12.9. The van der Waals surface area contributed by atoms with Gasteiger partial charge < -0.3 is 0 Å². The van der Waals surface area contributed by atoms with Crippen molar-refractivity contribution in [1.29, 1.82) is 0 Å². The molecule has 0 aliphatic carbocycles. The Morgan fingerprint density at radius 3 is 2.44 bits per heavy atom. The molecular formula is C12H6ClF3IN. The summed E-state index contributed by atoms with van der Waals surface area (Å²) in [5.74, 6) is 0. The Bertz CT molecular complexity index is 584. The molecule has 0 saturated carbocycles. The smallest absolute Gasteiger partial charge is 0.243 e. The van der Waals surface area contributed by atoms with Crippen LogP contribution < -0.4 is 0 Å². The average Bonchev–Trinajstić information content (AvgIpc) is 2.31. The molecule has 0 saturated heterocycles. The zero-order valence-corrected chi connectivity index (χ0v) is 11.7. The molecule has 94 valence electrons. The molecule has 1 heterocycles. The average molecular weight is 384 g/mol. The van der Waals surface area contributed by atoms with E-state index in [0.717, 1.165) is 9.64 Å². The molecule has 0 aliphatic heterocycles. The number of alkyl halides is 3. The van der Waals surface area contributed by atoms with Crippen LogP contribution in [0.4, 0.5) is 13.2 Å². The van der Waals surface area contributed by atoms with Gasteiger partial charge in [-0.3, -0.25) is 0 Å². The summed E-state index contributed by atoms with van der Waals surface area (Å²) in [6.07, 6.45) is -2.91. The van der Waals surface area contributed by atoms with Crippen LogP contribution in [0.2, 0.25) is 5.15 Å². The van der Waals surface area contributed by atoms with Crippen LogP contribution in [-0.4, -0.2) is 4.98 Å². The zero-order valence-electron chi connectivity index (χ0n) is 8.80. The third-order valence-electron chi connectivity index (χ3n) is 2.33. The Morgan fingerprint density at radius 1 is 1.11 bits per heavy atom. The second-order valence-electron chi connectivity index (χ2n) is 3.54. The molecule has 0 amide bonds. The molecule has 0 aliphatic rings. The highest BCUT2D eigenvalue weighted by molar-refractivity contribution is 14.1. The monoisotopic (exact) mass is 383 g/mol. The van der Waals surface area contributed by atoms with Crippen molar-refractivity contribution in [2.24, 2.45) is 0 Å². The van der Waals surface area contributed by atoms with E-state index in [4.69, 9.17) is 11.6 Å². The Balaban J connectivity index is 2.68. The summed E-state index contributed by atoms with van der Waals surface area (Å²) in [4.78, 5) is 3.87. The van der Waals surface area contributed by atoms with Gasteiger partial charge in [0.05, 0.1) is 5.56 Å². The van der Waals surface area contributed by atoms with Gasteiger partial charge in [0.15, 0.2) is 0 Å². The van der Waals surface area contributed by atoms with Crippen molar-refractivity contribution in [3.8, 4) is 11.1 Å². The topological polar surface area (TPSA) is 12.9 Å². The summed E-state index contributed by atoms with van der Waals surface area (Å²) in [6.45, 7) is 0. The first-order valence-electron chi connectivity index (χ1n) is 4.87. The molecule has 0 bridgehead atoms. The predicted molar refractivity (Wildman–Crippen MR) is 72.4 cm³/mol. The Morgan fingerprint density at radius 2 is 1.78 bits per heavy atom. The Hall–Kier alpha value is -0.820. The van der Waals surface area contributed by atoms with E-state index >= 15 is 0 Å². The van der Waals surface area contributed by atoms with Crippen LogP contribution in [0.1, 0.15) is 5.56 Å². The van der Waals surface area contributed by atoms with Crippen LogP contribution in [0.5, 0.6) is 0 Å². The van der Waals surface area contributed by atoms with Gasteiger partial charge in [0.1, 0.15) is 5.15 Å². The van der Waals surface area contributed by atoms with Crippen LogP contribution in [0.15, 0.2) is 36.5 Å². The molecule has 0 unspecified atom stereocenters. The first kappa shape index (κ1) is 13.6. The molecule has 0 fully saturated rings. The lowest BCUT2D eigenvalue weighted by Crippen LogP contribution is -2.07. The third kappa shape index (κ3) is 2.77. The molecular weight excluding hydrogens is 377 g/mol. The van der Waals surface area contributed by atoms with E-state index < -0.39 is 11.7 Å². The highest BCUT2D eigenvalue weighted by atomic mass is 127. The molecule has 0 atom stereocenters. The number of hydrogen-bond acceptors (Lipinski definition) is 1. The minimum Gasteiger partial charge on any atom is -0.243 e. The summed E-state index contributed by atoms with van der Waals surface area (Å²) in [6, 6.07) is 6.90. The molecule has 2 rings (SSSR count). The number of pyridine rings is 1. The second kappa shape index (κ2) is 5.05. The summed E-state index contributed by atoms with van der Waals surface area (Å²) in [7, 11) is 0. The van der Waals surface area contributed by atoms with Crippen molar-refractivity contribution in [2.75, 3.05) is 0 Å².